The molecule has 18 heavy (non-hydrogen) atoms. The highest BCUT2D eigenvalue weighted by molar-refractivity contribution is 5.85. The van der Waals surface area contributed by atoms with Gasteiger partial charge in [-0.15, -0.1) is 0 Å². The summed E-state index contributed by atoms with van der Waals surface area (Å²) in [5.41, 5.74) is 0. The third kappa shape index (κ3) is 10.2. The minimum absolute atomic E-state index is 0.139. The van der Waals surface area contributed by atoms with E-state index >= 15 is 0 Å². The molecule has 3 heteroatoms. The molecule has 0 heterocycles. The van der Waals surface area contributed by atoms with Gasteiger partial charge in [-0.3, -0.25) is 0 Å². The SMILES string of the molecule is C=C(OCCCCCCCC)C(=O)OCCCC. The van der Waals surface area contributed by atoms with Crippen molar-refractivity contribution in [2.75, 3.05) is 13.2 Å². The molecule has 0 amide bonds. The molecule has 0 atom stereocenters. The summed E-state index contributed by atoms with van der Waals surface area (Å²) in [5, 5.41) is 0. The van der Waals surface area contributed by atoms with E-state index in [1.54, 1.807) is 0 Å². The zero-order valence-corrected chi connectivity index (χ0v) is 12.0. The first-order chi connectivity index (χ1) is 8.72. The van der Waals surface area contributed by atoms with Crippen molar-refractivity contribution in [1.29, 1.82) is 0 Å². The molecule has 0 bridgehead atoms. The van der Waals surface area contributed by atoms with E-state index in [1.807, 2.05) is 0 Å². The van der Waals surface area contributed by atoms with Crippen molar-refractivity contribution >= 4 is 5.97 Å². The van der Waals surface area contributed by atoms with Gasteiger partial charge in [0, 0.05) is 0 Å². The Morgan fingerprint density at radius 2 is 1.39 bits per heavy atom. The molecule has 0 aromatic carbocycles. The van der Waals surface area contributed by atoms with E-state index in [2.05, 4.69) is 20.4 Å². The molecule has 0 saturated heterocycles. The monoisotopic (exact) mass is 256 g/mol. The smallest absolute Gasteiger partial charge is 0.372 e. The predicted molar refractivity (Wildman–Crippen MR) is 74.3 cm³/mol. The Morgan fingerprint density at radius 1 is 0.833 bits per heavy atom. The Hall–Kier alpha value is -0.990. The molecule has 0 spiro atoms. The van der Waals surface area contributed by atoms with E-state index in [9.17, 15) is 4.79 Å². The maximum absolute atomic E-state index is 11.4. The van der Waals surface area contributed by atoms with Crippen molar-refractivity contribution in [2.24, 2.45) is 0 Å². The Morgan fingerprint density at radius 3 is 2.06 bits per heavy atom. The highest BCUT2D eigenvalue weighted by atomic mass is 16.6. The van der Waals surface area contributed by atoms with E-state index in [1.165, 1.54) is 25.7 Å². The number of carbonyl (C=O) groups excluding carboxylic acids is 1. The van der Waals surface area contributed by atoms with Gasteiger partial charge < -0.3 is 9.47 Å². The zero-order chi connectivity index (χ0) is 13.6. The van der Waals surface area contributed by atoms with E-state index in [4.69, 9.17) is 9.47 Å². The molecule has 0 radical (unpaired) electrons. The molecule has 0 aliphatic rings. The highest BCUT2D eigenvalue weighted by Crippen LogP contribution is 2.06. The largest absolute Gasteiger partial charge is 0.487 e. The summed E-state index contributed by atoms with van der Waals surface area (Å²) in [7, 11) is 0. The quantitative estimate of drug-likeness (QED) is 0.227. The summed E-state index contributed by atoms with van der Waals surface area (Å²) in [4.78, 5) is 11.4. The van der Waals surface area contributed by atoms with Gasteiger partial charge in [-0.05, 0) is 19.4 Å². The van der Waals surface area contributed by atoms with Crippen LogP contribution in [0.3, 0.4) is 0 Å². The Kier molecular flexibility index (Phi) is 11.8. The van der Waals surface area contributed by atoms with Crippen LogP contribution < -0.4 is 0 Å². The molecule has 0 unspecified atom stereocenters. The summed E-state index contributed by atoms with van der Waals surface area (Å²) < 4.78 is 10.3. The van der Waals surface area contributed by atoms with Crippen molar-refractivity contribution in [1.82, 2.24) is 0 Å². The van der Waals surface area contributed by atoms with Crippen LogP contribution in [0.4, 0.5) is 0 Å². The number of hydrogen-bond acceptors (Lipinski definition) is 3. The van der Waals surface area contributed by atoms with Crippen LogP contribution >= 0.6 is 0 Å². The van der Waals surface area contributed by atoms with Gasteiger partial charge in [-0.2, -0.15) is 0 Å². The van der Waals surface area contributed by atoms with Crippen LogP contribution in [0.2, 0.25) is 0 Å². The molecule has 0 rings (SSSR count). The molecular weight excluding hydrogens is 228 g/mol. The van der Waals surface area contributed by atoms with Gasteiger partial charge in [0.2, 0.25) is 0 Å². The first-order valence-corrected chi connectivity index (χ1v) is 7.21. The fourth-order valence-corrected chi connectivity index (χ4v) is 1.53. The van der Waals surface area contributed by atoms with Crippen LogP contribution in [-0.2, 0) is 14.3 Å². The van der Waals surface area contributed by atoms with Crippen molar-refractivity contribution in [3.05, 3.63) is 12.3 Å². The lowest BCUT2D eigenvalue weighted by molar-refractivity contribution is -0.143. The number of unbranched alkanes of at least 4 members (excludes halogenated alkanes) is 6. The third-order valence-electron chi connectivity index (χ3n) is 2.73. The van der Waals surface area contributed by atoms with Crippen LogP contribution in [0.1, 0.15) is 65.2 Å². The second-order valence-corrected chi connectivity index (χ2v) is 4.53. The average Bonchev–Trinajstić information content (AvgIpc) is 2.37. The summed E-state index contributed by atoms with van der Waals surface area (Å²) >= 11 is 0. The van der Waals surface area contributed by atoms with Gasteiger partial charge in [-0.1, -0.05) is 52.4 Å². The lowest BCUT2D eigenvalue weighted by Gasteiger charge is -2.08. The topological polar surface area (TPSA) is 35.5 Å². The molecule has 0 aliphatic heterocycles. The first kappa shape index (κ1) is 17.0. The Balaban J connectivity index is 3.38. The molecule has 0 aliphatic carbocycles. The van der Waals surface area contributed by atoms with E-state index in [0.29, 0.717) is 13.2 Å². The van der Waals surface area contributed by atoms with Gasteiger partial charge >= 0.3 is 5.97 Å². The third-order valence-corrected chi connectivity index (χ3v) is 2.73. The maximum Gasteiger partial charge on any atom is 0.372 e. The zero-order valence-electron chi connectivity index (χ0n) is 12.0. The lowest BCUT2D eigenvalue weighted by Crippen LogP contribution is -2.11. The Labute approximate surface area is 112 Å². The summed E-state index contributed by atoms with van der Waals surface area (Å²) in [5.74, 6) is -0.283. The maximum atomic E-state index is 11.4. The van der Waals surface area contributed by atoms with E-state index < -0.39 is 5.97 Å². The van der Waals surface area contributed by atoms with Crippen molar-refractivity contribution in [2.45, 2.75) is 65.2 Å². The number of carbonyl (C=O) groups is 1. The Bertz CT molecular complexity index is 224. The number of rotatable bonds is 12. The van der Waals surface area contributed by atoms with Gasteiger partial charge in [-0.25, -0.2) is 4.79 Å². The molecule has 3 nitrogen and oxygen atoms in total. The molecule has 0 saturated carbocycles. The minimum Gasteiger partial charge on any atom is -0.487 e. The number of ether oxygens (including phenoxy) is 2. The van der Waals surface area contributed by atoms with Gasteiger partial charge in [0.15, 0.2) is 5.76 Å². The van der Waals surface area contributed by atoms with Crippen molar-refractivity contribution in [3.8, 4) is 0 Å². The highest BCUT2D eigenvalue weighted by Gasteiger charge is 2.08. The van der Waals surface area contributed by atoms with Crippen LogP contribution in [0.5, 0.6) is 0 Å². The fraction of sp³-hybridized carbons (Fsp3) is 0.800. The molecular formula is C15H28O3. The van der Waals surface area contributed by atoms with E-state index in [-0.39, 0.29) is 5.76 Å². The van der Waals surface area contributed by atoms with Crippen LogP contribution in [0, 0.1) is 0 Å². The van der Waals surface area contributed by atoms with Gasteiger partial charge in [0.05, 0.1) is 13.2 Å². The molecule has 0 aromatic rings. The van der Waals surface area contributed by atoms with Crippen molar-refractivity contribution < 1.29 is 14.3 Å². The molecule has 0 fully saturated rings. The lowest BCUT2D eigenvalue weighted by atomic mass is 10.1. The number of hydrogen-bond donors (Lipinski definition) is 0. The summed E-state index contributed by atoms with van der Waals surface area (Å²) in [6.07, 6.45) is 9.12. The summed E-state index contributed by atoms with van der Waals surface area (Å²) in [6, 6.07) is 0. The van der Waals surface area contributed by atoms with Gasteiger partial charge in [0.25, 0.3) is 0 Å². The minimum atomic E-state index is -0.422. The van der Waals surface area contributed by atoms with E-state index in [0.717, 1.165) is 25.7 Å². The molecule has 0 N–H and O–H groups in total. The molecule has 0 aromatic heterocycles. The average molecular weight is 256 g/mol. The standard InChI is InChI=1S/C15H28O3/c1-4-6-8-9-10-11-13-17-14(3)15(16)18-12-7-5-2/h3-13H2,1-2H3. The number of esters is 1. The normalized spacial score (nSPS) is 10.1. The van der Waals surface area contributed by atoms with Crippen LogP contribution in [-0.4, -0.2) is 19.2 Å². The van der Waals surface area contributed by atoms with Crippen LogP contribution in [0.15, 0.2) is 12.3 Å². The van der Waals surface area contributed by atoms with Crippen molar-refractivity contribution in [3.63, 3.8) is 0 Å². The van der Waals surface area contributed by atoms with Crippen LogP contribution in [0.25, 0.3) is 0 Å². The second-order valence-electron chi connectivity index (χ2n) is 4.53. The second kappa shape index (κ2) is 12.5. The first-order valence-electron chi connectivity index (χ1n) is 7.21. The predicted octanol–water partition coefficient (Wildman–Crippen LogP) is 4.22. The summed E-state index contributed by atoms with van der Waals surface area (Å²) in [6.45, 7) is 8.86. The molecule has 106 valence electrons. The van der Waals surface area contributed by atoms with Gasteiger partial charge in [0.1, 0.15) is 0 Å². The fourth-order valence-electron chi connectivity index (χ4n) is 1.53.